The zero-order valence-corrected chi connectivity index (χ0v) is 14.9. The molecule has 4 heteroatoms. The van der Waals surface area contributed by atoms with Crippen LogP contribution in [0.15, 0.2) is 48.5 Å². The van der Waals surface area contributed by atoms with Crippen LogP contribution in [0.2, 0.25) is 0 Å². The van der Waals surface area contributed by atoms with Crippen LogP contribution in [0.3, 0.4) is 0 Å². The Kier molecular flexibility index (Phi) is 5.94. The minimum Gasteiger partial charge on any atom is -0.278 e. The second-order valence-electron chi connectivity index (χ2n) is 6.28. The van der Waals surface area contributed by atoms with E-state index in [0.29, 0.717) is 10.8 Å². The van der Waals surface area contributed by atoms with Crippen molar-refractivity contribution in [2.24, 2.45) is 0 Å². The zero-order chi connectivity index (χ0) is 16.8. The summed E-state index contributed by atoms with van der Waals surface area (Å²) in [4.78, 5) is 15.6. The summed E-state index contributed by atoms with van der Waals surface area (Å²) < 4.78 is 0. The van der Waals surface area contributed by atoms with E-state index in [-0.39, 0.29) is 5.91 Å². The number of nitrogens with one attached hydrogen (secondary N) is 2. The maximum Gasteiger partial charge on any atom is 0.266 e. The fourth-order valence-electron chi connectivity index (χ4n) is 3.22. The fourth-order valence-corrected chi connectivity index (χ4v) is 4.11. The van der Waals surface area contributed by atoms with E-state index >= 15 is 0 Å². The highest BCUT2D eigenvalue weighted by Gasteiger charge is 2.15. The van der Waals surface area contributed by atoms with E-state index in [4.69, 9.17) is 0 Å². The van der Waals surface area contributed by atoms with Crippen LogP contribution < -0.4 is 10.3 Å². The van der Waals surface area contributed by atoms with E-state index in [0.717, 1.165) is 16.7 Å². The molecular formula is C20H24N2OS. The van der Waals surface area contributed by atoms with Gasteiger partial charge in [-0.05, 0) is 42.5 Å². The minimum atomic E-state index is -0.0754. The van der Waals surface area contributed by atoms with Gasteiger partial charge in [-0.1, -0.05) is 73.7 Å². The van der Waals surface area contributed by atoms with Gasteiger partial charge in [0.1, 0.15) is 0 Å². The van der Waals surface area contributed by atoms with Crippen molar-refractivity contribution < 1.29 is 4.79 Å². The Morgan fingerprint density at radius 2 is 1.75 bits per heavy atom. The molecule has 2 aromatic carbocycles. The standard InChI is InChI=1S/C20H24N2OS/c1-15-18(16-9-4-2-5-10-16)13-8-14-19(15)20(23)21-22-24-17-11-6-3-7-12-17/h2,4-5,8-10,13-14,17,22H,3,6-7,11-12H2,1H3,(H,21,23). The highest BCUT2D eigenvalue weighted by Crippen LogP contribution is 2.27. The van der Waals surface area contributed by atoms with Gasteiger partial charge in [-0.25, -0.2) is 0 Å². The molecule has 0 radical (unpaired) electrons. The predicted octanol–water partition coefficient (Wildman–Crippen LogP) is 4.88. The molecule has 1 fully saturated rings. The average molecular weight is 340 g/mol. The molecule has 1 aliphatic rings. The summed E-state index contributed by atoms with van der Waals surface area (Å²) in [5, 5.41) is 0.607. The lowest BCUT2D eigenvalue weighted by Gasteiger charge is -2.21. The summed E-state index contributed by atoms with van der Waals surface area (Å²) in [6.07, 6.45) is 6.40. The molecule has 0 aliphatic heterocycles. The second-order valence-corrected chi connectivity index (χ2v) is 7.38. The molecule has 1 amide bonds. The quantitative estimate of drug-likeness (QED) is 0.602. The normalized spacial score (nSPS) is 15.2. The van der Waals surface area contributed by atoms with Gasteiger partial charge in [0.15, 0.2) is 0 Å². The molecule has 3 rings (SSSR count). The molecule has 1 saturated carbocycles. The van der Waals surface area contributed by atoms with Crippen molar-refractivity contribution >= 4 is 17.9 Å². The highest BCUT2D eigenvalue weighted by molar-refractivity contribution is 7.98. The van der Waals surface area contributed by atoms with Crippen LogP contribution in [-0.2, 0) is 0 Å². The van der Waals surface area contributed by atoms with E-state index < -0.39 is 0 Å². The van der Waals surface area contributed by atoms with Crippen LogP contribution in [0.4, 0.5) is 0 Å². The van der Waals surface area contributed by atoms with Gasteiger partial charge in [-0.3, -0.25) is 10.2 Å². The van der Waals surface area contributed by atoms with E-state index in [2.05, 4.69) is 28.5 Å². The molecule has 0 aromatic heterocycles. The summed E-state index contributed by atoms with van der Waals surface area (Å²) in [6, 6.07) is 16.1. The van der Waals surface area contributed by atoms with Crippen molar-refractivity contribution in [2.75, 3.05) is 0 Å². The van der Waals surface area contributed by atoms with Crippen LogP contribution in [0.5, 0.6) is 0 Å². The molecule has 0 unspecified atom stereocenters. The third-order valence-electron chi connectivity index (χ3n) is 4.61. The Morgan fingerprint density at radius 1 is 1.00 bits per heavy atom. The molecule has 24 heavy (non-hydrogen) atoms. The lowest BCUT2D eigenvalue weighted by Crippen LogP contribution is -2.34. The van der Waals surface area contributed by atoms with Crippen molar-refractivity contribution in [3.63, 3.8) is 0 Å². The predicted molar refractivity (Wildman–Crippen MR) is 102 cm³/mol. The Hall–Kier alpha value is -1.78. The van der Waals surface area contributed by atoms with Crippen molar-refractivity contribution in [3.05, 3.63) is 59.7 Å². The van der Waals surface area contributed by atoms with Gasteiger partial charge in [0.05, 0.1) is 0 Å². The number of hydrogen-bond donors (Lipinski definition) is 2. The van der Waals surface area contributed by atoms with Gasteiger partial charge in [-0.15, -0.1) is 0 Å². The van der Waals surface area contributed by atoms with Crippen LogP contribution >= 0.6 is 11.9 Å². The van der Waals surface area contributed by atoms with Gasteiger partial charge in [-0.2, -0.15) is 4.83 Å². The molecule has 1 aliphatic carbocycles. The molecule has 0 heterocycles. The molecule has 126 valence electrons. The lowest BCUT2D eigenvalue weighted by molar-refractivity contribution is 0.0946. The van der Waals surface area contributed by atoms with E-state index in [1.807, 2.05) is 37.3 Å². The first kappa shape index (κ1) is 17.1. The fraction of sp³-hybridized carbons (Fsp3) is 0.350. The van der Waals surface area contributed by atoms with Crippen LogP contribution in [0.25, 0.3) is 11.1 Å². The smallest absolute Gasteiger partial charge is 0.266 e. The first-order valence-electron chi connectivity index (χ1n) is 8.62. The van der Waals surface area contributed by atoms with Crippen LogP contribution in [-0.4, -0.2) is 11.2 Å². The number of amides is 1. The van der Waals surface area contributed by atoms with Crippen LogP contribution in [0.1, 0.15) is 48.0 Å². The van der Waals surface area contributed by atoms with Gasteiger partial charge in [0, 0.05) is 10.8 Å². The summed E-state index contributed by atoms with van der Waals surface area (Å²) in [5.41, 5.74) is 6.79. The average Bonchev–Trinajstić information content (AvgIpc) is 2.63. The molecule has 0 spiro atoms. The number of rotatable bonds is 5. The van der Waals surface area contributed by atoms with Crippen molar-refractivity contribution in [1.82, 2.24) is 10.3 Å². The topological polar surface area (TPSA) is 41.1 Å². The Balaban J connectivity index is 1.64. The van der Waals surface area contributed by atoms with Gasteiger partial charge < -0.3 is 0 Å². The summed E-state index contributed by atoms with van der Waals surface area (Å²) in [7, 11) is 0. The van der Waals surface area contributed by atoms with E-state index in [1.165, 1.54) is 32.1 Å². The number of benzene rings is 2. The third-order valence-corrected chi connectivity index (χ3v) is 5.63. The molecule has 2 N–H and O–H groups in total. The van der Waals surface area contributed by atoms with E-state index in [9.17, 15) is 4.79 Å². The highest BCUT2D eigenvalue weighted by atomic mass is 32.2. The van der Waals surface area contributed by atoms with Gasteiger partial charge in [0.2, 0.25) is 0 Å². The monoisotopic (exact) mass is 340 g/mol. The zero-order valence-electron chi connectivity index (χ0n) is 14.0. The second kappa shape index (κ2) is 8.36. The largest absolute Gasteiger partial charge is 0.278 e. The summed E-state index contributed by atoms with van der Waals surface area (Å²) in [5.74, 6) is -0.0754. The number of carbonyl (C=O) groups is 1. The Morgan fingerprint density at radius 3 is 2.50 bits per heavy atom. The maximum atomic E-state index is 12.5. The summed E-state index contributed by atoms with van der Waals surface area (Å²) >= 11 is 1.64. The molecule has 0 bridgehead atoms. The first-order valence-corrected chi connectivity index (χ1v) is 9.49. The van der Waals surface area contributed by atoms with Crippen LogP contribution in [0, 0.1) is 6.92 Å². The third kappa shape index (κ3) is 4.19. The number of hydrogen-bond acceptors (Lipinski definition) is 3. The molecule has 2 aromatic rings. The van der Waals surface area contributed by atoms with Crippen molar-refractivity contribution in [2.45, 2.75) is 44.3 Å². The minimum absolute atomic E-state index is 0.0754. The van der Waals surface area contributed by atoms with Gasteiger partial charge >= 0.3 is 0 Å². The van der Waals surface area contributed by atoms with Crippen molar-refractivity contribution in [3.8, 4) is 11.1 Å². The van der Waals surface area contributed by atoms with E-state index in [1.54, 1.807) is 11.9 Å². The summed E-state index contributed by atoms with van der Waals surface area (Å²) in [6.45, 7) is 2.01. The maximum absolute atomic E-state index is 12.5. The molecule has 0 atom stereocenters. The first-order chi connectivity index (χ1) is 11.8. The molecule has 3 nitrogen and oxygen atoms in total. The van der Waals surface area contributed by atoms with Gasteiger partial charge in [0.25, 0.3) is 5.91 Å². The lowest BCUT2D eigenvalue weighted by atomic mass is 9.96. The Labute approximate surface area is 148 Å². The Bertz CT molecular complexity index is 681. The SMILES string of the molecule is Cc1c(C(=O)NNSC2CCCCC2)cccc1-c1ccccc1. The van der Waals surface area contributed by atoms with Crippen molar-refractivity contribution in [1.29, 1.82) is 0 Å². The number of hydrazine groups is 1. The number of carbonyl (C=O) groups excluding carboxylic acids is 1. The molecular weight excluding hydrogens is 316 g/mol. The molecule has 0 saturated heterocycles.